The summed E-state index contributed by atoms with van der Waals surface area (Å²) in [5.41, 5.74) is -0.0989. The quantitative estimate of drug-likeness (QED) is 0.391. The Morgan fingerprint density at radius 2 is 2.31 bits per heavy atom. The molecule has 0 saturated heterocycles. The molecule has 0 aliphatic rings. The van der Waals surface area contributed by atoms with Gasteiger partial charge in [-0.2, -0.15) is 5.26 Å². The zero-order chi connectivity index (χ0) is 10.3. The van der Waals surface area contributed by atoms with E-state index in [9.17, 15) is 4.79 Å². The van der Waals surface area contributed by atoms with Crippen molar-refractivity contribution < 1.29 is 9.53 Å². The summed E-state index contributed by atoms with van der Waals surface area (Å²) in [5.74, 6) is -0.470. The lowest BCUT2D eigenvalue weighted by Gasteiger charge is -2.15. The number of ether oxygens (including phenoxy) is 1. The molecule has 72 valence electrons. The van der Waals surface area contributed by atoms with Gasteiger partial charge in [0.15, 0.2) is 0 Å². The maximum atomic E-state index is 11.1. The van der Waals surface area contributed by atoms with Crippen molar-refractivity contribution in [1.82, 2.24) is 5.32 Å². The summed E-state index contributed by atoms with van der Waals surface area (Å²) in [6.45, 7) is 7.54. The first-order valence-corrected chi connectivity index (χ1v) is 4.17. The average molecular weight is 182 g/mol. The number of amides is 1. The number of nitrogens with zero attached hydrogens (tertiary/aromatic N) is 1. The monoisotopic (exact) mass is 182 g/mol. The van der Waals surface area contributed by atoms with Crippen LogP contribution in [0, 0.1) is 11.3 Å². The number of nitriles is 1. The second-order valence-corrected chi connectivity index (χ2v) is 2.42. The van der Waals surface area contributed by atoms with Crippen LogP contribution in [0.25, 0.3) is 0 Å². The van der Waals surface area contributed by atoms with Crippen molar-refractivity contribution >= 4 is 5.91 Å². The van der Waals surface area contributed by atoms with E-state index in [2.05, 4.69) is 11.9 Å². The number of carbonyl (C=O) groups excluding carboxylic acids is 1. The largest absolute Gasteiger partial charge is 0.359 e. The fourth-order valence-corrected chi connectivity index (χ4v) is 0.747. The van der Waals surface area contributed by atoms with Crippen LogP contribution in [0.3, 0.4) is 0 Å². The Morgan fingerprint density at radius 3 is 2.69 bits per heavy atom. The van der Waals surface area contributed by atoms with Gasteiger partial charge in [-0.1, -0.05) is 13.5 Å². The predicted octanol–water partition coefficient (Wildman–Crippen LogP) is 0.955. The molecule has 0 rings (SSSR count). The van der Waals surface area contributed by atoms with Gasteiger partial charge in [0.25, 0.3) is 5.91 Å². The first-order chi connectivity index (χ1) is 6.15. The second-order valence-electron chi connectivity index (χ2n) is 2.42. The van der Waals surface area contributed by atoms with Crippen LogP contribution in [0.1, 0.15) is 20.3 Å². The van der Waals surface area contributed by atoms with E-state index in [4.69, 9.17) is 10.00 Å². The van der Waals surface area contributed by atoms with E-state index in [1.165, 1.54) is 0 Å². The summed E-state index contributed by atoms with van der Waals surface area (Å²) in [6, 6.07) is 1.67. The Morgan fingerprint density at radius 1 is 1.69 bits per heavy atom. The van der Waals surface area contributed by atoms with Gasteiger partial charge >= 0.3 is 0 Å². The van der Waals surface area contributed by atoms with Gasteiger partial charge in [0, 0.05) is 6.61 Å². The van der Waals surface area contributed by atoms with Gasteiger partial charge in [-0.05, 0) is 13.3 Å². The lowest BCUT2D eigenvalue weighted by atomic mass is 10.3. The smallest absolute Gasteiger partial charge is 0.263 e. The zero-order valence-corrected chi connectivity index (χ0v) is 7.96. The number of carbonyl (C=O) groups is 1. The molecule has 0 radical (unpaired) electrons. The molecule has 0 spiro atoms. The molecule has 0 fully saturated rings. The minimum Gasteiger partial charge on any atom is -0.359 e. The van der Waals surface area contributed by atoms with E-state index >= 15 is 0 Å². The highest BCUT2D eigenvalue weighted by Gasteiger charge is 2.11. The standard InChI is InChI=1S/C9H14N2O2/c1-4-8(13-5-2)11-9(12)7(3)6-10/h8H,3-5H2,1-2H3,(H,11,12). The van der Waals surface area contributed by atoms with E-state index < -0.39 is 5.91 Å². The fraction of sp³-hybridized carbons (Fsp3) is 0.556. The topological polar surface area (TPSA) is 62.1 Å². The van der Waals surface area contributed by atoms with Crippen LogP contribution < -0.4 is 5.32 Å². The highest BCUT2D eigenvalue weighted by Crippen LogP contribution is 1.95. The van der Waals surface area contributed by atoms with Gasteiger partial charge in [0.1, 0.15) is 17.9 Å². The maximum Gasteiger partial charge on any atom is 0.263 e. The number of rotatable bonds is 5. The molecule has 1 amide bonds. The number of hydrogen-bond donors (Lipinski definition) is 1. The molecule has 0 aromatic rings. The van der Waals surface area contributed by atoms with Crippen molar-refractivity contribution in [2.24, 2.45) is 0 Å². The van der Waals surface area contributed by atoms with Crippen LogP contribution in [0.15, 0.2) is 12.2 Å². The van der Waals surface area contributed by atoms with E-state index in [-0.39, 0.29) is 11.8 Å². The van der Waals surface area contributed by atoms with Crippen LogP contribution in [0.2, 0.25) is 0 Å². The fourth-order valence-electron chi connectivity index (χ4n) is 0.747. The van der Waals surface area contributed by atoms with Crippen molar-refractivity contribution in [3.8, 4) is 6.07 Å². The molecule has 4 heteroatoms. The highest BCUT2D eigenvalue weighted by atomic mass is 16.5. The molecular weight excluding hydrogens is 168 g/mol. The molecule has 4 nitrogen and oxygen atoms in total. The Bertz CT molecular complexity index is 230. The van der Waals surface area contributed by atoms with Crippen LogP contribution in [-0.4, -0.2) is 18.7 Å². The lowest BCUT2D eigenvalue weighted by molar-refractivity contribution is -0.121. The van der Waals surface area contributed by atoms with Crippen molar-refractivity contribution in [1.29, 1.82) is 5.26 Å². The summed E-state index contributed by atoms with van der Waals surface area (Å²) in [5, 5.41) is 10.9. The first kappa shape index (κ1) is 11.7. The molecule has 0 heterocycles. The number of nitrogens with one attached hydrogen (secondary N) is 1. The van der Waals surface area contributed by atoms with E-state index in [0.29, 0.717) is 13.0 Å². The Hall–Kier alpha value is -1.34. The van der Waals surface area contributed by atoms with Gasteiger partial charge in [-0.25, -0.2) is 0 Å². The molecule has 1 N–H and O–H groups in total. The summed E-state index contributed by atoms with van der Waals surface area (Å²) in [7, 11) is 0. The van der Waals surface area contributed by atoms with Crippen molar-refractivity contribution in [2.75, 3.05) is 6.61 Å². The molecule has 1 atom stereocenters. The van der Waals surface area contributed by atoms with Gasteiger partial charge in [-0.3, -0.25) is 4.79 Å². The molecule has 0 aliphatic heterocycles. The molecule has 0 aromatic heterocycles. The third kappa shape index (κ3) is 4.28. The molecule has 0 saturated carbocycles. The summed E-state index contributed by atoms with van der Waals surface area (Å²) in [4.78, 5) is 11.1. The van der Waals surface area contributed by atoms with Gasteiger partial charge in [0.2, 0.25) is 0 Å². The molecular formula is C9H14N2O2. The van der Waals surface area contributed by atoms with E-state index in [0.717, 1.165) is 0 Å². The molecule has 0 aliphatic carbocycles. The lowest BCUT2D eigenvalue weighted by Crippen LogP contribution is -2.36. The van der Waals surface area contributed by atoms with E-state index in [1.54, 1.807) is 6.07 Å². The summed E-state index contributed by atoms with van der Waals surface area (Å²) < 4.78 is 5.17. The Balaban J connectivity index is 4.02. The average Bonchev–Trinajstić information content (AvgIpc) is 2.15. The number of hydrogen-bond acceptors (Lipinski definition) is 3. The van der Waals surface area contributed by atoms with E-state index in [1.807, 2.05) is 13.8 Å². The van der Waals surface area contributed by atoms with Crippen molar-refractivity contribution in [2.45, 2.75) is 26.5 Å². The SMILES string of the molecule is C=C(C#N)C(=O)NC(CC)OCC. The first-order valence-electron chi connectivity index (χ1n) is 4.17. The predicted molar refractivity (Wildman–Crippen MR) is 48.6 cm³/mol. The van der Waals surface area contributed by atoms with Crippen LogP contribution in [0.5, 0.6) is 0 Å². The highest BCUT2D eigenvalue weighted by molar-refractivity contribution is 5.96. The normalized spacial score (nSPS) is 11.5. The summed E-state index contributed by atoms with van der Waals surface area (Å²) >= 11 is 0. The maximum absolute atomic E-state index is 11.1. The second kappa shape index (κ2) is 6.21. The molecule has 1 unspecified atom stereocenters. The van der Waals surface area contributed by atoms with Gasteiger partial charge in [0.05, 0.1) is 0 Å². The molecule has 0 aromatic carbocycles. The Labute approximate surface area is 78.2 Å². The van der Waals surface area contributed by atoms with Crippen molar-refractivity contribution in [3.63, 3.8) is 0 Å². The van der Waals surface area contributed by atoms with Crippen LogP contribution in [0.4, 0.5) is 0 Å². The minimum atomic E-state index is -0.470. The molecule has 0 bridgehead atoms. The third-order valence-electron chi connectivity index (χ3n) is 1.44. The van der Waals surface area contributed by atoms with Crippen molar-refractivity contribution in [3.05, 3.63) is 12.2 Å². The van der Waals surface area contributed by atoms with Gasteiger partial charge in [-0.15, -0.1) is 0 Å². The minimum absolute atomic E-state index is 0.0989. The summed E-state index contributed by atoms with van der Waals surface area (Å²) in [6.07, 6.45) is 0.334. The van der Waals surface area contributed by atoms with Gasteiger partial charge < -0.3 is 10.1 Å². The van der Waals surface area contributed by atoms with Crippen LogP contribution in [-0.2, 0) is 9.53 Å². The Kier molecular flexibility index (Phi) is 5.57. The van der Waals surface area contributed by atoms with Crippen LogP contribution >= 0.6 is 0 Å². The zero-order valence-electron chi connectivity index (χ0n) is 7.96. The molecule has 13 heavy (non-hydrogen) atoms. The third-order valence-corrected chi connectivity index (χ3v) is 1.44.